The summed E-state index contributed by atoms with van der Waals surface area (Å²) in [5.74, 6) is -2.35. The number of carbonyl (C=O) groups excluding carboxylic acids is 1. The van der Waals surface area contributed by atoms with E-state index >= 15 is 0 Å². The molecule has 1 unspecified atom stereocenters. The Balaban J connectivity index is 2.99. The van der Waals surface area contributed by atoms with Crippen LogP contribution >= 0.6 is 10.7 Å². The predicted octanol–water partition coefficient (Wildman–Crippen LogP) is 1.41. The van der Waals surface area contributed by atoms with Gasteiger partial charge in [-0.05, 0) is 19.1 Å². The Kier molecular flexibility index (Phi) is 5.52. The van der Waals surface area contributed by atoms with Crippen LogP contribution in [0.5, 0.6) is 5.75 Å². The second-order valence-corrected chi connectivity index (χ2v) is 6.34. The molecule has 0 aliphatic carbocycles. The average Bonchev–Trinajstić information content (AvgIpc) is 2.39. The van der Waals surface area contributed by atoms with Gasteiger partial charge in [0.1, 0.15) is 4.90 Å². The Hall–Kier alpha value is -1.85. The monoisotopic (exact) mass is 337 g/mol. The summed E-state index contributed by atoms with van der Waals surface area (Å²) in [6, 6.07) is 1.60. The second-order valence-electron chi connectivity index (χ2n) is 3.81. The molecule has 9 heteroatoms. The van der Waals surface area contributed by atoms with Gasteiger partial charge in [-0.15, -0.1) is 6.42 Å². The first-order valence-electron chi connectivity index (χ1n) is 5.49. The molecule has 0 bridgehead atoms. The van der Waals surface area contributed by atoms with Crippen LogP contribution in [0.4, 0.5) is 8.78 Å². The molecule has 0 saturated heterocycles. The Morgan fingerprint density at radius 3 is 2.62 bits per heavy atom. The van der Waals surface area contributed by atoms with Crippen LogP contribution in [0.3, 0.4) is 0 Å². The summed E-state index contributed by atoms with van der Waals surface area (Å²) in [6.45, 7) is 1.24. The lowest BCUT2D eigenvalue weighted by molar-refractivity contribution is -0.127. The van der Waals surface area contributed by atoms with Crippen LogP contribution in [-0.2, 0) is 13.8 Å². The molecular formula is C12H10ClF2NO4S. The number of nitrogens with one attached hydrogen (secondary N) is 1. The topological polar surface area (TPSA) is 72.5 Å². The first-order valence-corrected chi connectivity index (χ1v) is 7.80. The molecule has 0 spiro atoms. The first kappa shape index (κ1) is 17.2. The number of terminal acetylenes is 1. The predicted molar refractivity (Wildman–Crippen MR) is 71.3 cm³/mol. The highest BCUT2D eigenvalue weighted by atomic mass is 35.7. The van der Waals surface area contributed by atoms with Crippen LogP contribution in [0.1, 0.15) is 6.92 Å². The Labute approximate surface area is 124 Å². The van der Waals surface area contributed by atoms with Crippen molar-refractivity contribution in [2.24, 2.45) is 0 Å². The van der Waals surface area contributed by atoms with Crippen LogP contribution in [0, 0.1) is 24.0 Å². The largest absolute Gasteiger partial charge is 0.478 e. The fraction of sp³-hybridized carbons (Fsp3) is 0.250. The molecule has 0 aromatic heterocycles. The molecule has 0 aliphatic rings. The summed E-state index contributed by atoms with van der Waals surface area (Å²) in [7, 11) is 0.514. The minimum Gasteiger partial charge on any atom is -0.478 e. The van der Waals surface area contributed by atoms with Gasteiger partial charge in [0.2, 0.25) is 5.82 Å². The van der Waals surface area contributed by atoms with Gasteiger partial charge >= 0.3 is 0 Å². The summed E-state index contributed by atoms with van der Waals surface area (Å²) in [6.07, 6.45) is 3.79. The number of ether oxygens (including phenoxy) is 1. The Morgan fingerprint density at radius 1 is 1.48 bits per heavy atom. The number of benzene rings is 1. The lowest BCUT2D eigenvalue weighted by Gasteiger charge is -2.15. The van der Waals surface area contributed by atoms with Gasteiger partial charge in [0.25, 0.3) is 15.0 Å². The number of carbonyl (C=O) groups is 1. The highest BCUT2D eigenvalue weighted by Gasteiger charge is 2.24. The van der Waals surface area contributed by atoms with Crippen LogP contribution in [-0.4, -0.2) is 27.0 Å². The fourth-order valence-electron chi connectivity index (χ4n) is 1.32. The smallest absolute Gasteiger partial charge is 0.264 e. The van der Waals surface area contributed by atoms with E-state index in [0.717, 1.165) is 12.1 Å². The highest BCUT2D eigenvalue weighted by molar-refractivity contribution is 8.13. The molecule has 1 aromatic rings. The van der Waals surface area contributed by atoms with Crippen molar-refractivity contribution in [2.75, 3.05) is 6.54 Å². The van der Waals surface area contributed by atoms with Crippen molar-refractivity contribution in [3.05, 3.63) is 23.8 Å². The van der Waals surface area contributed by atoms with Gasteiger partial charge in [-0.25, -0.2) is 12.8 Å². The number of amides is 1. The molecule has 1 N–H and O–H groups in total. The third kappa shape index (κ3) is 4.31. The van der Waals surface area contributed by atoms with Gasteiger partial charge in [0.15, 0.2) is 17.7 Å². The van der Waals surface area contributed by atoms with E-state index in [1.54, 1.807) is 0 Å². The van der Waals surface area contributed by atoms with Crippen molar-refractivity contribution < 1.29 is 26.7 Å². The molecule has 114 valence electrons. The van der Waals surface area contributed by atoms with E-state index in [0.29, 0.717) is 0 Å². The van der Waals surface area contributed by atoms with E-state index in [2.05, 4.69) is 11.2 Å². The van der Waals surface area contributed by atoms with E-state index in [9.17, 15) is 22.0 Å². The third-order valence-electron chi connectivity index (χ3n) is 2.31. The van der Waals surface area contributed by atoms with E-state index in [1.807, 2.05) is 0 Å². The molecule has 0 heterocycles. The SMILES string of the molecule is C#CCNC(=O)C(C)Oc1ccc(S(=O)(=O)Cl)c(F)c1F. The Bertz CT molecular complexity index is 700. The summed E-state index contributed by atoms with van der Waals surface area (Å²) < 4.78 is 54.2. The molecule has 1 amide bonds. The number of hydrogen-bond acceptors (Lipinski definition) is 4. The van der Waals surface area contributed by atoms with Crippen molar-refractivity contribution in [3.63, 3.8) is 0 Å². The maximum absolute atomic E-state index is 13.7. The van der Waals surface area contributed by atoms with Crippen molar-refractivity contribution in [1.82, 2.24) is 5.32 Å². The van der Waals surface area contributed by atoms with Gasteiger partial charge in [0.05, 0.1) is 6.54 Å². The van der Waals surface area contributed by atoms with Gasteiger partial charge in [-0.1, -0.05) is 5.92 Å². The van der Waals surface area contributed by atoms with E-state index in [-0.39, 0.29) is 6.54 Å². The van der Waals surface area contributed by atoms with Crippen LogP contribution < -0.4 is 10.1 Å². The van der Waals surface area contributed by atoms with E-state index in [4.69, 9.17) is 21.8 Å². The standard InChI is InChI=1S/C12H10ClF2NO4S/c1-3-6-16-12(17)7(2)20-8-4-5-9(21(13,18)19)11(15)10(8)14/h1,4-5,7H,6H2,2H3,(H,16,17). The van der Waals surface area contributed by atoms with E-state index < -0.39 is 43.3 Å². The third-order valence-corrected chi connectivity index (χ3v) is 3.65. The van der Waals surface area contributed by atoms with Gasteiger partial charge in [-0.3, -0.25) is 4.79 Å². The minimum absolute atomic E-state index is 0.0488. The zero-order valence-electron chi connectivity index (χ0n) is 10.7. The summed E-state index contributed by atoms with van der Waals surface area (Å²) in [4.78, 5) is 10.4. The lowest BCUT2D eigenvalue weighted by atomic mass is 10.3. The van der Waals surface area contributed by atoms with E-state index in [1.165, 1.54) is 6.92 Å². The van der Waals surface area contributed by atoms with Crippen molar-refractivity contribution in [2.45, 2.75) is 17.9 Å². The molecule has 0 radical (unpaired) electrons. The second kappa shape index (κ2) is 6.74. The molecule has 1 rings (SSSR count). The van der Waals surface area contributed by atoms with Crippen molar-refractivity contribution in [1.29, 1.82) is 0 Å². The fourth-order valence-corrected chi connectivity index (χ4v) is 2.21. The molecule has 21 heavy (non-hydrogen) atoms. The average molecular weight is 338 g/mol. The molecular weight excluding hydrogens is 328 g/mol. The molecule has 0 saturated carbocycles. The molecule has 5 nitrogen and oxygen atoms in total. The van der Waals surface area contributed by atoms with Crippen molar-refractivity contribution >= 4 is 25.6 Å². The normalized spacial score (nSPS) is 12.3. The molecule has 0 fully saturated rings. The van der Waals surface area contributed by atoms with Gasteiger partial charge < -0.3 is 10.1 Å². The zero-order chi connectivity index (χ0) is 16.2. The molecule has 1 aromatic carbocycles. The number of hydrogen-bond donors (Lipinski definition) is 1. The first-order chi connectivity index (χ1) is 9.68. The lowest BCUT2D eigenvalue weighted by Crippen LogP contribution is -2.36. The maximum atomic E-state index is 13.7. The van der Waals surface area contributed by atoms with Crippen LogP contribution in [0.2, 0.25) is 0 Å². The number of halogens is 3. The molecule has 1 atom stereocenters. The van der Waals surface area contributed by atoms with Crippen molar-refractivity contribution in [3.8, 4) is 18.1 Å². The number of rotatable bonds is 5. The maximum Gasteiger partial charge on any atom is 0.264 e. The summed E-state index contributed by atoms with van der Waals surface area (Å²) >= 11 is 0. The quantitative estimate of drug-likeness (QED) is 0.651. The summed E-state index contributed by atoms with van der Waals surface area (Å²) in [5, 5.41) is 2.29. The zero-order valence-corrected chi connectivity index (χ0v) is 12.3. The van der Waals surface area contributed by atoms with Crippen LogP contribution in [0.25, 0.3) is 0 Å². The summed E-state index contributed by atoms with van der Waals surface area (Å²) in [5.41, 5.74) is 0. The highest BCUT2D eigenvalue weighted by Crippen LogP contribution is 2.28. The van der Waals surface area contributed by atoms with Gasteiger partial charge in [0, 0.05) is 10.7 Å². The Morgan fingerprint density at radius 2 is 2.10 bits per heavy atom. The van der Waals surface area contributed by atoms with Gasteiger partial charge in [-0.2, -0.15) is 4.39 Å². The molecule has 0 aliphatic heterocycles. The minimum atomic E-state index is -4.43. The van der Waals surface area contributed by atoms with Crippen LogP contribution in [0.15, 0.2) is 17.0 Å².